The molecule has 0 spiro atoms. The van der Waals surface area contributed by atoms with Crippen molar-refractivity contribution < 1.29 is 9.63 Å². The fraction of sp³-hybridized carbons (Fsp3) is 0.462. The molecule has 11 heteroatoms. The fourth-order valence-electron chi connectivity index (χ4n) is 7.77. The van der Waals surface area contributed by atoms with E-state index in [1.54, 1.807) is 0 Å². The largest absolute Gasteiger partial charge is 0.337 e. The number of rotatable bonds is 10. The normalized spacial score (nSPS) is 20.0. The number of carbonyl (C=O) groups is 1. The molecule has 2 aromatic carbocycles. The Bertz CT molecular complexity index is 1690. The van der Waals surface area contributed by atoms with Gasteiger partial charge >= 0.3 is 6.03 Å². The van der Waals surface area contributed by atoms with E-state index in [2.05, 4.69) is 89.4 Å². The van der Waals surface area contributed by atoms with E-state index in [4.69, 9.17) is 21.4 Å². The van der Waals surface area contributed by atoms with Crippen LogP contribution in [-0.4, -0.2) is 73.9 Å². The van der Waals surface area contributed by atoms with E-state index in [1.807, 2.05) is 36.5 Å². The first-order valence-corrected chi connectivity index (χ1v) is 19.2. The van der Waals surface area contributed by atoms with Gasteiger partial charge in [-0.25, -0.2) is 9.78 Å². The maximum atomic E-state index is 14.1. The second kappa shape index (κ2) is 16.4. The number of hydrogen-bond acceptors (Lipinski definition) is 6. The summed E-state index contributed by atoms with van der Waals surface area (Å²) in [5, 5.41) is 6.18. The van der Waals surface area contributed by atoms with Gasteiger partial charge in [-0.05, 0) is 95.4 Å². The van der Waals surface area contributed by atoms with Gasteiger partial charge in [0.2, 0.25) is 0 Å². The minimum Gasteiger partial charge on any atom is -0.337 e. The highest BCUT2D eigenvalue weighted by atomic mass is 79.9. The maximum absolute atomic E-state index is 14.1. The van der Waals surface area contributed by atoms with E-state index >= 15 is 0 Å². The molecule has 2 aliphatic carbocycles. The van der Waals surface area contributed by atoms with E-state index in [9.17, 15) is 4.79 Å². The third-order valence-electron chi connectivity index (χ3n) is 10.3. The zero-order valence-electron chi connectivity index (χ0n) is 28.8. The smallest absolute Gasteiger partial charge is 0.319 e. The third kappa shape index (κ3) is 8.60. The molecule has 1 saturated carbocycles. The minimum atomic E-state index is -0.496. The van der Waals surface area contributed by atoms with Crippen molar-refractivity contribution in [3.63, 3.8) is 0 Å². The molecule has 3 aliphatic rings. The molecule has 2 aromatic heterocycles. The lowest BCUT2D eigenvalue weighted by Crippen LogP contribution is -2.61. The van der Waals surface area contributed by atoms with Crippen molar-refractivity contribution in [2.75, 3.05) is 26.2 Å². The predicted octanol–water partition coefficient (Wildman–Crippen LogP) is 7.70. The number of hydroxylamine groups is 2. The van der Waals surface area contributed by atoms with Crippen molar-refractivity contribution in [3.8, 4) is 0 Å². The predicted molar refractivity (Wildman–Crippen MR) is 200 cm³/mol. The lowest BCUT2D eigenvalue weighted by molar-refractivity contribution is -0.250. The zero-order valence-corrected chi connectivity index (χ0v) is 31.2. The number of benzene rings is 2. The maximum Gasteiger partial charge on any atom is 0.319 e. The van der Waals surface area contributed by atoms with Gasteiger partial charge in [0.15, 0.2) is 6.23 Å². The molecule has 2 amide bonds. The summed E-state index contributed by atoms with van der Waals surface area (Å²) in [5.74, 6) is 0. The van der Waals surface area contributed by atoms with Crippen LogP contribution in [0, 0.1) is 6.92 Å². The number of urea groups is 1. The minimum absolute atomic E-state index is 0.0365. The number of halogens is 2. The summed E-state index contributed by atoms with van der Waals surface area (Å²) in [7, 11) is 0. The van der Waals surface area contributed by atoms with Gasteiger partial charge in [0.05, 0.1) is 23.8 Å². The van der Waals surface area contributed by atoms with Crippen LogP contribution in [0.5, 0.6) is 0 Å². The highest BCUT2D eigenvalue weighted by Crippen LogP contribution is 2.39. The van der Waals surface area contributed by atoms with Crippen molar-refractivity contribution in [3.05, 3.63) is 116 Å². The number of imidazole rings is 1. The molecule has 9 nitrogen and oxygen atoms in total. The number of amides is 2. The van der Waals surface area contributed by atoms with E-state index in [-0.39, 0.29) is 18.1 Å². The number of carbonyl (C=O) groups excluding carboxylic acids is 1. The van der Waals surface area contributed by atoms with Crippen molar-refractivity contribution in [1.29, 1.82) is 0 Å². The Kier molecular flexibility index (Phi) is 11.5. The number of piperazine rings is 1. The number of aromatic nitrogens is 3. The first kappa shape index (κ1) is 35.1. The molecule has 264 valence electrons. The average Bonchev–Trinajstić information content (AvgIpc) is 3.47. The summed E-state index contributed by atoms with van der Waals surface area (Å²) in [4.78, 5) is 34.9. The molecule has 3 heterocycles. The monoisotopic (exact) mass is 759 g/mol. The van der Waals surface area contributed by atoms with Gasteiger partial charge in [-0.1, -0.05) is 67.3 Å². The van der Waals surface area contributed by atoms with E-state index in [0.717, 1.165) is 77.9 Å². The van der Waals surface area contributed by atoms with Crippen LogP contribution in [0.4, 0.5) is 4.79 Å². The molecule has 7 rings (SSSR count). The second-order valence-corrected chi connectivity index (χ2v) is 15.3. The van der Waals surface area contributed by atoms with E-state index < -0.39 is 6.23 Å². The Balaban J connectivity index is 1.18. The SMILES string of the molecule is Cc1cn(CCCN(Cc2ccccc2)O[C@H]2CN([C@H]3c4ccc(Cl)cc4CCc4cc(Br)cnc43)CCN2C(=O)NC2CCCCC2)cn1. The number of nitrogens with one attached hydrogen (secondary N) is 1. The topological polar surface area (TPSA) is 78.8 Å². The lowest BCUT2D eigenvalue weighted by atomic mass is 9.95. The zero-order chi connectivity index (χ0) is 34.5. The first-order chi connectivity index (χ1) is 24.4. The Morgan fingerprint density at radius 1 is 1.04 bits per heavy atom. The average molecular weight is 761 g/mol. The fourth-order valence-corrected chi connectivity index (χ4v) is 8.34. The van der Waals surface area contributed by atoms with Gasteiger partial charge in [0, 0.05) is 67.2 Å². The molecular weight excluding hydrogens is 714 g/mol. The summed E-state index contributed by atoms with van der Waals surface area (Å²) in [5.41, 5.74) is 6.92. The van der Waals surface area contributed by atoms with Crippen LogP contribution in [0.1, 0.15) is 78.2 Å². The highest BCUT2D eigenvalue weighted by Gasteiger charge is 2.39. The summed E-state index contributed by atoms with van der Waals surface area (Å²) in [6.07, 6.45) is 13.6. The van der Waals surface area contributed by atoms with Crippen LogP contribution >= 0.6 is 27.5 Å². The van der Waals surface area contributed by atoms with Crippen LogP contribution in [0.3, 0.4) is 0 Å². The molecule has 0 unspecified atom stereocenters. The standard InChI is InChI=1S/C39H47BrClN7O2/c1-28-24-45(27-43-28)17-8-18-47(25-29-9-4-2-5-10-29)50-36-26-46(19-20-48(36)39(49)44-34-11-6-3-7-12-34)38-35-16-15-33(41)22-30(35)13-14-31-21-32(40)23-42-37(31)38/h2,4-5,9-10,15-16,21-24,27,34,36,38H,3,6-8,11-14,17-20,25-26H2,1H3,(H,44,49)/t36-,38-/m0/s1. The molecular formula is C39H47BrClN7O2. The number of aryl methyl sites for hydroxylation is 4. The summed E-state index contributed by atoms with van der Waals surface area (Å²) >= 11 is 10.2. The Morgan fingerprint density at radius 2 is 1.86 bits per heavy atom. The summed E-state index contributed by atoms with van der Waals surface area (Å²) in [6.45, 7) is 5.93. The van der Waals surface area contributed by atoms with Crippen molar-refractivity contribution in [2.24, 2.45) is 0 Å². The van der Waals surface area contributed by atoms with Gasteiger partial charge in [-0.2, -0.15) is 5.06 Å². The van der Waals surface area contributed by atoms with Gasteiger partial charge in [0.1, 0.15) is 0 Å². The van der Waals surface area contributed by atoms with E-state index in [1.165, 1.54) is 23.1 Å². The highest BCUT2D eigenvalue weighted by molar-refractivity contribution is 9.10. The van der Waals surface area contributed by atoms with Crippen LogP contribution in [0.15, 0.2) is 77.8 Å². The molecule has 0 radical (unpaired) electrons. The van der Waals surface area contributed by atoms with Crippen molar-refractivity contribution in [1.82, 2.24) is 34.7 Å². The molecule has 50 heavy (non-hydrogen) atoms. The quantitative estimate of drug-likeness (QED) is 0.167. The van der Waals surface area contributed by atoms with Gasteiger partial charge in [-0.15, -0.1) is 0 Å². The lowest BCUT2D eigenvalue weighted by Gasteiger charge is -2.45. The number of fused-ring (bicyclic) bond motifs is 2. The van der Waals surface area contributed by atoms with Gasteiger partial charge < -0.3 is 9.88 Å². The van der Waals surface area contributed by atoms with Crippen LogP contribution < -0.4 is 5.32 Å². The molecule has 4 aromatic rings. The summed E-state index contributed by atoms with van der Waals surface area (Å²) in [6, 6.07) is 19.0. The Labute approximate surface area is 309 Å². The third-order valence-corrected chi connectivity index (χ3v) is 10.9. The molecule has 1 saturated heterocycles. The Morgan fingerprint density at radius 3 is 2.66 bits per heavy atom. The van der Waals surface area contributed by atoms with Crippen LogP contribution in [-0.2, 0) is 30.8 Å². The molecule has 2 fully saturated rings. The molecule has 1 N–H and O–H groups in total. The molecule has 1 aliphatic heterocycles. The van der Waals surface area contributed by atoms with Gasteiger partial charge in [-0.3, -0.25) is 19.6 Å². The number of hydrogen-bond donors (Lipinski definition) is 1. The molecule has 2 atom stereocenters. The van der Waals surface area contributed by atoms with E-state index in [0.29, 0.717) is 32.7 Å². The van der Waals surface area contributed by atoms with Crippen molar-refractivity contribution in [2.45, 2.75) is 89.7 Å². The molecule has 0 bridgehead atoms. The number of nitrogens with zero attached hydrogens (tertiary/aromatic N) is 6. The van der Waals surface area contributed by atoms with Crippen LogP contribution in [0.25, 0.3) is 0 Å². The first-order valence-electron chi connectivity index (χ1n) is 18.1. The van der Waals surface area contributed by atoms with Crippen molar-refractivity contribution >= 4 is 33.6 Å². The van der Waals surface area contributed by atoms with Gasteiger partial charge in [0.25, 0.3) is 0 Å². The second-order valence-electron chi connectivity index (χ2n) is 13.9. The van der Waals surface area contributed by atoms with Crippen LogP contribution in [0.2, 0.25) is 5.02 Å². The summed E-state index contributed by atoms with van der Waals surface area (Å²) < 4.78 is 3.10. The number of pyridine rings is 1. The Hall–Kier alpha value is -3.28.